The summed E-state index contributed by atoms with van der Waals surface area (Å²) in [5.41, 5.74) is 1.71. The van der Waals surface area contributed by atoms with E-state index < -0.39 is 0 Å². The number of nitrogens with zero attached hydrogens (tertiary/aromatic N) is 2. The SMILES string of the molecule is CC(C)(C=O)CN1CCC(c2noc3ccccc23)CC1. The molecule has 1 fully saturated rings. The van der Waals surface area contributed by atoms with Crippen molar-refractivity contribution in [3.63, 3.8) is 0 Å². The van der Waals surface area contributed by atoms with Crippen LogP contribution in [0.1, 0.15) is 38.3 Å². The molecule has 4 nitrogen and oxygen atoms in total. The molecule has 4 heteroatoms. The van der Waals surface area contributed by atoms with E-state index in [1.54, 1.807) is 0 Å². The molecule has 0 amide bonds. The van der Waals surface area contributed by atoms with Gasteiger partial charge in [0.25, 0.3) is 0 Å². The summed E-state index contributed by atoms with van der Waals surface area (Å²) in [4.78, 5) is 13.4. The number of piperidine rings is 1. The Morgan fingerprint density at radius 1 is 1.33 bits per heavy atom. The standard InChI is InChI=1S/C17H22N2O2/c1-17(2,12-20)11-19-9-7-13(8-10-19)16-14-5-3-4-6-15(14)21-18-16/h3-6,12-13H,7-11H2,1-2H3. The maximum absolute atomic E-state index is 11.0. The summed E-state index contributed by atoms with van der Waals surface area (Å²) in [6.07, 6.45) is 3.21. The number of carbonyl (C=O) groups is 1. The van der Waals surface area contributed by atoms with Crippen LogP contribution in [0.2, 0.25) is 0 Å². The van der Waals surface area contributed by atoms with Crippen LogP contribution in [0.15, 0.2) is 28.8 Å². The van der Waals surface area contributed by atoms with Crippen molar-refractivity contribution in [1.82, 2.24) is 10.1 Å². The third-order valence-electron chi connectivity index (χ3n) is 4.33. The topological polar surface area (TPSA) is 46.3 Å². The zero-order chi connectivity index (χ0) is 14.9. The lowest BCUT2D eigenvalue weighted by Crippen LogP contribution is -2.40. The van der Waals surface area contributed by atoms with Crippen LogP contribution in [0.3, 0.4) is 0 Å². The Labute approximate surface area is 125 Å². The average Bonchev–Trinajstić information content (AvgIpc) is 2.92. The third kappa shape index (κ3) is 3.00. The molecule has 1 aromatic heterocycles. The van der Waals surface area contributed by atoms with Crippen LogP contribution in [0.5, 0.6) is 0 Å². The summed E-state index contributed by atoms with van der Waals surface area (Å²) < 4.78 is 5.42. The Balaban J connectivity index is 1.67. The van der Waals surface area contributed by atoms with Gasteiger partial charge in [-0.2, -0.15) is 0 Å². The Morgan fingerprint density at radius 2 is 2.05 bits per heavy atom. The van der Waals surface area contributed by atoms with E-state index in [-0.39, 0.29) is 5.41 Å². The van der Waals surface area contributed by atoms with Gasteiger partial charge in [0.1, 0.15) is 6.29 Å². The summed E-state index contributed by atoms with van der Waals surface area (Å²) in [6.45, 7) is 6.86. The average molecular weight is 286 g/mol. The van der Waals surface area contributed by atoms with Crippen molar-refractivity contribution in [3.8, 4) is 0 Å². The van der Waals surface area contributed by atoms with Crippen LogP contribution < -0.4 is 0 Å². The van der Waals surface area contributed by atoms with Gasteiger partial charge in [-0.25, -0.2) is 0 Å². The molecule has 1 aromatic carbocycles. The largest absolute Gasteiger partial charge is 0.356 e. The molecule has 0 bridgehead atoms. The van der Waals surface area contributed by atoms with Crippen LogP contribution in [0.4, 0.5) is 0 Å². The van der Waals surface area contributed by atoms with Crippen molar-refractivity contribution in [3.05, 3.63) is 30.0 Å². The molecule has 0 radical (unpaired) electrons. The van der Waals surface area contributed by atoms with Crippen molar-refractivity contribution < 1.29 is 9.32 Å². The molecule has 1 aliphatic rings. The quantitative estimate of drug-likeness (QED) is 0.810. The van der Waals surface area contributed by atoms with Gasteiger partial charge >= 0.3 is 0 Å². The zero-order valence-electron chi connectivity index (χ0n) is 12.7. The first-order valence-electron chi connectivity index (χ1n) is 7.62. The van der Waals surface area contributed by atoms with Gasteiger partial charge in [-0.1, -0.05) is 31.1 Å². The number of likely N-dealkylation sites (tertiary alicyclic amines) is 1. The van der Waals surface area contributed by atoms with Gasteiger partial charge in [0.2, 0.25) is 0 Å². The Hall–Kier alpha value is -1.68. The molecular formula is C17H22N2O2. The molecule has 2 heterocycles. The lowest BCUT2D eigenvalue weighted by atomic mass is 9.89. The van der Waals surface area contributed by atoms with Gasteiger partial charge in [0.15, 0.2) is 5.58 Å². The van der Waals surface area contributed by atoms with Gasteiger partial charge < -0.3 is 14.2 Å². The highest BCUT2D eigenvalue weighted by Gasteiger charge is 2.28. The van der Waals surface area contributed by atoms with Crippen LogP contribution in [0, 0.1) is 5.41 Å². The van der Waals surface area contributed by atoms with Crippen LogP contribution >= 0.6 is 0 Å². The minimum Gasteiger partial charge on any atom is -0.356 e. The first-order chi connectivity index (χ1) is 10.1. The molecule has 0 saturated carbocycles. The number of benzene rings is 1. The maximum atomic E-state index is 11.0. The molecule has 2 aromatic rings. The summed E-state index contributed by atoms with van der Waals surface area (Å²) >= 11 is 0. The van der Waals surface area contributed by atoms with Crippen molar-refractivity contribution >= 4 is 17.3 Å². The van der Waals surface area contributed by atoms with E-state index in [2.05, 4.69) is 16.1 Å². The highest BCUT2D eigenvalue weighted by molar-refractivity contribution is 5.79. The first kappa shape index (κ1) is 14.3. The van der Waals surface area contributed by atoms with Crippen molar-refractivity contribution in [2.24, 2.45) is 5.41 Å². The maximum Gasteiger partial charge on any atom is 0.167 e. The normalized spacial score (nSPS) is 18.2. The van der Waals surface area contributed by atoms with Gasteiger partial charge in [-0.05, 0) is 38.1 Å². The van der Waals surface area contributed by atoms with Crippen LogP contribution in [0.25, 0.3) is 11.0 Å². The van der Waals surface area contributed by atoms with E-state index in [0.29, 0.717) is 5.92 Å². The van der Waals surface area contributed by atoms with Gasteiger partial charge in [-0.15, -0.1) is 0 Å². The summed E-state index contributed by atoms with van der Waals surface area (Å²) in [7, 11) is 0. The number of hydrogen-bond donors (Lipinski definition) is 0. The predicted molar refractivity (Wildman–Crippen MR) is 82.3 cm³/mol. The molecule has 112 valence electrons. The molecule has 1 aliphatic heterocycles. The molecule has 1 saturated heterocycles. The molecule has 3 rings (SSSR count). The number of carbonyl (C=O) groups excluding carboxylic acids is 1. The fourth-order valence-corrected chi connectivity index (χ4v) is 3.18. The van der Waals surface area contributed by atoms with E-state index in [1.165, 1.54) is 0 Å². The number of para-hydroxylation sites is 1. The second-order valence-electron chi connectivity index (χ2n) is 6.72. The van der Waals surface area contributed by atoms with Crippen molar-refractivity contribution in [2.75, 3.05) is 19.6 Å². The molecule has 0 aliphatic carbocycles. The molecule has 21 heavy (non-hydrogen) atoms. The van der Waals surface area contributed by atoms with E-state index in [4.69, 9.17) is 4.52 Å². The summed E-state index contributed by atoms with van der Waals surface area (Å²) in [5.74, 6) is 0.462. The zero-order valence-corrected chi connectivity index (χ0v) is 12.7. The molecular weight excluding hydrogens is 264 g/mol. The number of fused-ring (bicyclic) bond motifs is 1. The lowest BCUT2D eigenvalue weighted by molar-refractivity contribution is -0.115. The minimum atomic E-state index is -0.257. The highest BCUT2D eigenvalue weighted by Crippen LogP contribution is 2.33. The Morgan fingerprint density at radius 3 is 2.76 bits per heavy atom. The fraction of sp³-hybridized carbons (Fsp3) is 0.529. The van der Waals surface area contributed by atoms with E-state index in [1.807, 2.05) is 32.0 Å². The first-order valence-corrected chi connectivity index (χ1v) is 7.62. The van der Waals surface area contributed by atoms with E-state index >= 15 is 0 Å². The molecule has 0 N–H and O–H groups in total. The van der Waals surface area contributed by atoms with E-state index in [9.17, 15) is 4.79 Å². The Bertz CT molecular complexity index is 625. The molecule has 0 unspecified atom stereocenters. The van der Waals surface area contributed by atoms with Gasteiger partial charge in [0, 0.05) is 23.3 Å². The van der Waals surface area contributed by atoms with Crippen molar-refractivity contribution in [1.29, 1.82) is 0 Å². The summed E-state index contributed by atoms with van der Waals surface area (Å²) in [6, 6.07) is 8.06. The van der Waals surface area contributed by atoms with Gasteiger partial charge in [-0.3, -0.25) is 0 Å². The minimum absolute atomic E-state index is 0.257. The second kappa shape index (κ2) is 5.60. The third-order valence-corrected chi connectivity index (χ3v) is 4.33. The number of rotatable bonds is 4. The van der Waals surface area contributed by atoms with Gasteiger partial charge in [0.05, 0.1) is 5.69 Å². The van der Waals surface area contributed by atoms with E-state index in [0.717, 1.165) is 55.4 Å². The van der Waals surface area contributed by atoms with Crippen molar-refractivity contribution in [2.45, 2.75) is 32.6 Å². The lowest BCUT2D eigenvalue weighted by Gasteiger charge is -2.34. The molecule has 0 atom stereocenters. The summed E-state index contributed by atoms with van der Waals surface area (Å²) in [5, 5.41) is 5.43. The van der Waals surface area contributed by atoms with Crippen LogP contribution in [-0.2, 0) is 4.79 Å². The smallest absolute Gasteiger partial charge is 0.167 e. The fourth-order valence-electron chi connectivity index (χ4n) is 3.18. The predicted octanol–water partition coefficient (Wildman–Crippen LogP) is 3.23. The number of aromatic nitrogens is 1. The molecule has 0 spiro atoms. The number of aldehydes is 1. The monoisotopic (exact) mass is 286 g/mol. The second-order valence-corrected chi connectivity index (χ2v) is 6.72. The van der Waals surface area contributed by atoms with Crippen LogP contribution in [-0.4, -0.2) is 36.0 Å². The highest BCUT2D eigenvalue weighted by atomic mass is 16.5. The Kier molecular flexibility index (Phi) is 3.81. The number of hydrogen-bond acceptors (Lipinski definition) is 4.